The fourth-order valence-corrected chi connectivity index (χ4v) is 9.01. The number of likely N-dealkylation sites (tertiary alicyclic amines) is 1. The molecule has 2 fully saturated rings. The summed E-state index contributed by atoms with van der Waals surface area (Å²) in [7, 11) is 0. The lowest BCUT2D eigenvalue weighted by atomic mass is 10.0. The minimum absolute atomic E-state index is 0.0107. The predicted octanol–water partition coefficient (Wildman–Crippen LogP) is 6.72. The van der Waals surface area contributed by atoms with Crippen molar-refractivity contribution in [1.29, 1.82) is 0 Å². The first-order chi connectivity index (χ1) is 33.0. The van der Waals surface area contributed by atoms with Gasteiger partial charge in [-0.3, -0.25) is 14.4 Å². The Hall–Kier alpha value is -7.99. The SMILES string of the molecule is C=C(COC(=O)NCc1cc(Cl)cc(NC(=O)NCc2ccc3c(c2)CN(C2CCCNC2=O)C3=O)c1)C(=O)N1CCC[C@@H](n2nc(-c3ccc(Oc4ccccc4)cc3)c3c(N)ncnc32)C1. The molecule has 19 heteroatoms. The molecular formula is C49H48ClN11O7. The number of hydrogen-bond donors (Lipinski definition) is 5. The lowest BCUT2D eigenvalue weighted by molar-refractivity contribution is -0.129. The van der Waals surface area contributed by atoms with Crippen LogP contribution in [0.3, 0.4) is 0 Å². The number of aromatic nitrogens is 4. The molecule has 0 aliphatic carbocycles. The number of anilines is 2. The number of para-hydroxylation sites is 1. The summed E-state index contributed by atoms with van der Waals surface area (Å²) in [5.74, 6) is 1.01. The average Bonchev–Trinajstić information content (AvgIpc) is 3.90. The number of piperidine rings is 2. The van der Waals surface area contributed by atoms with Crippen molar-refractivity contribution in [1.82, 2.24) is 45.5 Å². The summed E-state index contributed by atoms with van der Waals surface area (Å²) in [6.45, 7) is 5.51. The number of ether oxygens (including phenoxy) is 2. The topological polar surface area (TPSA) is 228 Å². The number of benzene rings is 4. The molecule has 2 atom stereocenters. The molecule has 6 aromatic rings. The molecule has 9 rings (SSSR count). The Morgan fingerprint density at radius 3 is 2.50 bits per heavy atom. The molecule has 1 unspecified atom stereocenters. The van der Waals surface area contributed by atoms with E-state index < -0.39 is 18.2 Å². The van der Waals surface area contributed by atoms with Gasteiger partial charge in [-0.05, 0) is 103 Å². The minimum atomic E-state index is -0.781. The zero-order valence-electron chi connectivity index (χ0n) is 36.9. The van der Waals surface area contributed by atoms with Crippen LogP contribution in [0.1, 0.15) is 58.8 Å². The molecule has 0 radical (unpaired) electrons. The van der Waals surface area contributed by atoms with Gasteiger partial charge in [0.25, 0.3) is 11.8 Å². The summed E-state index contributed by atoms with van der Waals surface area (Å²) < 4.78 is 13.2. The highest BCUT2D eigenvalue weighted by Crippen LogP contribution is 2.35. The molecule has 3 aliphatic heterocycles. The fourth-order valence-electron chi connectivity index (χ4n) is 8.75. The second-order valence-electron chi connectivity index (χ2n) is 16.8. The van der Waals surface area contributed by atoms with Gasteiger partial charge in [0.15, 0.2) is 5.65 Å². The van der Waals surface area contributed by atoms with Crippen molar-refractivity contribution < 1.29 is 33.4 Å². The first-order valence-electron chi connectivity index (χ1n) is 22.2. The van der Waals surface area contributed by atoms with Crippen LogP contribution in [0.4, 0.5) is 21.1 Å². The van der Waals surface area contributed by atoms with Gasteiger partial charge in [0.2, 0.25) is 5.91 Å². The van der Waals surface area contributed by atoms with Crippen LogP contribution in [0, 0.1) is 0 Å². The molecule has 2 saturated heterocycles. The van der Waals surface area contributed by atoms with Crippen molar-refractivity contribution in [3.63, 3.8) is 0 Å². The third-order valence-electron chi connectivity index (χ3n) is 12.1. The predicted molar refractivity (Wildman–Crippen MR) is 254 cm³/mol. The largest absolute Gasteiger partial charge is 0.457 e. The Morgan fingerprint density at radius 1 is 0.897 bits per heavy atom. The third-order valence-corrected chi connectivity index (χ3v) is 12.3. The van der Waals surface area contributed by atoms with Crippen molar-refractivity contribution in [2.45, 2.75) is 57.4 Å². The van der Waals surface area contributed by atoms with Crippen LogP contribution in [-0.4, -0.2) is 91.7 Å². The van der Waals surface area contributed by atoms with E-state index in [4.69, 9.17) is 31.9 Å². The highest BCUT2D eigenvalue weighted by molar-refractivity contribution is 6.31. The van der Waals surface area contributed by atoms with Crippen LogP contribution in [0.5, 0.6) is 11.5 Å². The number of alkyl carbamates (subject to hydrolysis) is 1. The van der Waals surface area contributed by atoms with Gasteiger partial charge in [-0.1, -0.05) is 48.5 Å². The molecule has 5 heterocycles. The molecule has 4 aromatic carbocycles. The van der Waals surface area contributed by atoms with Crippen LogP contribution in [-0.2, 0) is 34.0 Å². The molecular weight excluding hydrogens is 890 g/mol. The minimum Gasteiger partial charge on any atom is -0.457 e. The van der Waals surface area contributed by atoms with E-state index in [0.29, 0.717) is 83.3 Å². The molecule has 0 saturated carbocycles. The number of carbonyl (C=O) groups excluding carboxylic acids is 5. The first-order valence-corrected chi connectivity index (χ1v) is 22.6. The van der Waals surface area contributed by atoms with Crippen LogP contribution < -0.4 is 31.7 Å². The van der Waals surface area contributed by atoms with E-state index in [-0.39, 0.29) is 54.9 Å². The van der Waals surface area contributed by atoms with Gasteiger partial charge in [-0.2, -0.15) is 5.10 Å². The molecule has 2 aromatic heterocycles. The molecule has 6 amide bonds. The summed E-state index contributed by atoms with van der Waals surface area (Å²) >= 11 is 6.37. The number of nitrogens with zero attached hydrogens (tertiary/aromatic N) is 6. The molecule has 0 spiro atoms. The molecule has 348 valence electrons. The number of rotatable bonds is 13. The van der Waals surface area contributed by atoms with Gasteiger partial charge in [0.1, 0.15) is 42.0 Å². The third kappa shape index (κ3) is 10.0. The Kier molecular flexibility index (Phi) is 13.2. The number of nitrogens with two attached hydrogens (primary N) is 1. The highest BCUT2D eigenvalue weighted by Gasteiger charge is 2.37. The maximum Gasteiger partial charge on any atom is 0.407 e. The lowest BCUT2D eigenvalue weighted by Gasteiger charge is -2.33. The quantitative estimate of drug-likeness (QED) is 0.0764. The van der Waals surface area contributed by atoms with E-state index >= 15 is 0 Å². The fraction of sp³-hybridized carbons (Fsp3) is 0.265. The summed E-state index contributed by atoms with van der Waals surface area (Å²) in [5, 5.41) is 17.0. The Labute approximate surface area is 395 Å². The van der Waals surface area contributed by atoms with Crippen molar-refractivity contribution >= 4 is 64.0 Å². The Balaban J connectivity index is 0.749. The Bertz CT molecular complexity index is 2930. The number of nitrogens with one attached hydrogen (secondary N) is 4. The van der Waals surface area contributed by atoms with E-state index in [1.165, 1.54) is 6.33 Å². The van der Waals surface area contributed by atoms with Gasteiger partial charge in [0.05, 0.1) is 11.4 Å². The average molecular weight is 938 g/mol. The lowest BCUT2D eigenvalue weighted by Crippen LogP contribution is -2.50. The second kappa shape index (κ2) is 19.9. The number of hydrogen-bond acceptors (Lipinski definition) is 11. The van der Waals surface area contributed by atoms with Crippen molar-refractivity contribution in [3.05, 3.63) is 137 Å². The van der Waals surface area contributed by atoms with Crippen LogP contribution in [0.15, 0.2) is 109 Å². The number of urea groups is 1. The maximum atomic E-state index is 13.6. The summed E-state index contributed by atoms with van der Waals surface area (Å²) in [4.78, 5) is 76.9. The number of amides is 6. The Morgan fingerprint density at radius 2 is 1.69 bits per heavy atom. The number of halogens is 1. The molecule has 3 aliphatic rings. The molecule has 68 heavy (non-hydrogen) atoms. The van der Waals surface area contributed by atoms with Gasteiger partial charge in [-0.15, -0.1) is 0 Å². The van der Waals surface area contributed by atoms with Gasteiger partial charge in [-0.25, -0.2) is 24.2 Å². The van der Waals surface area contributed by atoms with Gasteiger partial charge >= 0.3 is 12.1 Å². The monoisotopic (exact) mass is 937 g/mol. The normalized spacial score (nSPS) is 16.7. The number of fused-ring (bicyclic) bond motifs is 2. The second-order valence-corrected chi connectivity index (χ2v) is 17.2. The molecule has 0 bridgehead atoms. The van der Waals surface area contributed by atoms with E-state index in [9.17, 15) is 24.0 Å². The summed E-state index contributed by atoms with van der Waals surface area (Å²) in [6, 6.07) is 26.0. The number of nitrogen functional groups attached to an aromatic ring is 1. The zero-order chi connectivity index (χ0) is 47.3. The summed E-state index contributed by atoms with van der Waals surface area (Å²) in [6.07, 6.45) is 3.47. The van der Waals surface area contributed by atoms with Gasteiger partial charge < -0.3 is 46.3 Å². The van der Waals surface area contributed by atoms with E-state index in [1.807, 2.05) is 60.7 Å². The maximum absolute atomic E-state index is 13.6. The van der Waals surface area contributed by atoms with Crippen LogP contribution >= 0.6 is 11.6 Å². The van der Waals surface area contributed by atoms with E-state index in [1.54, 1.807) is 44.8 Å². The first kappa shape index (κ1) is 45.2. The zero-order valence-corrected chi connectivity index (χ0v) is 37.6. The van der Waals surface area contributed by atoms with Crippen molar-refractivity contribution in [2.24, 2.45) is 0 Å². The highest BCUT2D eigenvalue weighted by atomic mass is 35.5. The number of carbonyl (C=O) groups is 5. The van der Waals surface area contributed by atoms with Crippen LogP contribution in [0.2, 0.25) is 5.02 Å². The van der Waals surface area contributed by atoms with E-state index in [2.05, 4.69) is 37.8 Å². The standard InChI is InChI=1S/C49H48ClN11O7/c1-29(46(63)59-18-6-7-36(26-59)61-44-41(43(51)55-28-56-44)42(58-61)32-12-14-38(15-13-32)68-37-8-3-2-4-9-37)27-67-49(66)54-24-31-20-34(50)22-35(21-31)57-48(65)53-23-30-11-16-39-33(19-30)25-60(47(39)64)40-10-5-17-52-45(40)62/h2-4,8-9,11-16,19-22,28,36,40H,1,5-7,10,17-18,23-27H2,(H,52,62)(H,54,66)(H2,51,55,56)(H2,53,57,65)/t36-,40?/m1/s1. The van der Waals surface area contributed by atoms with E-state index in [0.717, 1.165) is 35.3 Å². The summed E-state index contributed by atoms with van der Waals surface area (Å²) in [5.41, 5.74) is 11.6. The van der Waals surface area contributed by atoms with Crippen molar-refractivity contribution in [3.8, 4) is 22.8 Å². The smallest absolute Gasteiger partial charge is 0.407 e. The van der Waals surface area contributed by atoms with Crippen molar-refractivity contribution in [2.75, 3.05) is 37.3 Å². The molecule has 6 N–H and O–H groups in total. The van der Waals surface area contributed by atoms with Crippen LogP contribution in [0.25, 0.3) is 22.3 Å². The van der Waals surface area contributed by atoms with Gasteiger partial charge in [0, 0.05) is 66.7 Å². The molecule has 18 nitrogen and oxygen atoms in total.